The van der Waals surface area contributed by atoms with E-state index in [1.165, 1.54) is 10.6 Å². The number of aromatic nitrogens is 1. The second kappa shape index (κ2) is 5.52. The van der Waals surface area contributed by atoms with Crippen LogP contribution in [0.15, 0.2) is 5.51 Å². The van der Waals surface area contributed by atoms with E-state index in [1.54, 1.807) is 11.3 Å². The van der Waals surface area contributed by atoms with Gasteiger partial charge >= 0.3 is 0 Å². The minimum absolute atomic E-state index is 0.0569. The van der Waals surface area contributed by atoms with Gasteiger partial charge in [-0.15, -0.1) is 11.3 Å². The van der Waals surface area contributed by atoms with Gasteiger partial charge in [0.1, 0.15) is 0 Å². The van der Waals surface area contributed by atoms with Crippen LogP contribution < -0.4 is 5.73 Å². The highest BCUT2D eigenvalue weighted by Gasteiger charge is 2.32. The highest BCUT2D eigenvalue weighted by molar-refractivity contribution is 7.09. The number of amides is 2. The van der Waals surface area contributed by atoms with Gasteiger partial charge in [0, 0.05) is 29.8 Å². The van der Waals surface area contributed by atoms with Gasteiger partial charge in [0.2, 0.25) is 11.8 Å². The van der Waals surface area contributed by atoms with Crippen LogP contribution in [0, 0.1) is 11.8 Å². The van der Waals surface area contributed by atoms with Crippen molar-refractivity contribution < 1.29 is 9.59 Å². The van der Waals surface area contributed by atoms with E-state index in [0.717, 1.165) is 19.3 Å². The van der Waals surface area contributed by atoms with Crippen LogP contribution in [0.25, 0.3) is 0 Å². The fourth-order valence-corrected chi connectivity index (χ4v) is 4.05. The lowest BCUT2D eigenvalue weighted by atomic mass is 9.88. The number of carbonyl (C=O) groups excluding carboxylic acids is 2. The van der Waals surface area contributed by atoms with Crippen molar-refractivity contribution in [3.63, 3.8) is 0 Å². The summed E-state index contributed by atoms with van der Waals surface area (Å²) >= 11 is 1.65. The van der Waals surface area contributed by atoms with Gasteiger partial charge in [0.05, 0.1) is 11.2 Å². The summed E-state index contributed by atoms with van der Waals surface area (Å²) in [5, 5.41) is 0. The minimum atomic E-state index is -0.232. The second-order valence-electron chi connectivity index (χ2n) is 5.66. The van der Waals surface area contributed by atoms with E-state index in [9.17, 15) is 9.59 Å². The van der Waals surface area contributed by atoms with Crippen LogP contribution in [0.5, 0.6) is 0 Å². The highest BCUT2D eigenvalue weighted by Crippen LogP contribution is 2.29. The van der Waals surface area contributed by atoms with Crippen LogP contribution in [0.2, 0.25) is 0 Å². The zero-order valence-corrected chi connectivity index (χ0v) is 12.2. The number of aryl methyl sites for hydroxylation is 1. The molecule has 0 saturated carbocycles. The molecule has 1 unspecified atom stereocenters. The van der Waals surface area contributed by atoms with Crippen LogP contribution >= 0.6 is 11.3 Å². The van der Waals surface area contributed by atoms with Crippen molar-refractivity contribution in [2.45, 2.75) is 32.1 Å². The number of hydrogen-bond donors (Lipinski definition) is 1. The lowest BCUT2D eigenvalue weighted by Gasteiger charge is -2.34. The Kier molecular flexibility index (Phi) is 3.74. The Hall–Kier alpha value is -1.43. The van der Waals surface area contributed by atoms with E-state index in [4.69, 9.17) is 5.73 Å². The molecule has 1 aliphatic heterocycles. The highest BCUT2D eigenvalue weighted by atomic mass is 32.1. The molecule has 1 atom stereocenters. The Bertz CT molecular complexity index is 520. The van der Waals surface area contributed by atoms with Crippen molar-refractivity contribution in [3.05, 3.63) is 16.1 Å². The summed E-state index contributed by atoms with van der Waals surface area (Å²) in [5.74, 6) is 0.0441. The average Bonchev–Trinajstić information content (AvgIpc) is 2.94. The van der Waals surface area contributed by atoms with Gasteiger partial charge < -0.3 is 10.6 Å². The standard InChI is InChI=1S/C14H19N3O2S/c15-13(18)9-3-5-17(6-4-9)14(19)10-1-2-11-12(7-10)20-8-16-11/h8-10H,1-7H2,(H2,15,18). The number of primary amides is 1. The molecule has 2 amide bonds. The van der Waals surface area contributed by atoms with E-state index >= 15 is 0 Å². The molecule has 2 heterocycles. The normalized spacial score (nSPS) is 23.4. The average molecular weight is 293 g/mol. The molecule has 1 aliphatic carbocycles. The number of rotatable bonds is 2. The third kappa shape index (κ3) is 2.57. The topological polar surface area (TPSA) is 76.3 Å². The molecule has 0 spiro atoms. The Labute approximate surface area is 122 Å². The summed E-state index contributed by atoms with van der Waals surface area (Å²) in [5.41, 5.74) is 8.37. The van der Waals surface area contributed by atoms with E-state index in [2.05, 4.69) is 4.98 Å². The Morgan fingerprint density at radius 2 is 2.00 bits per heavy atom. The van der Waals surface area contributed by atoms with E-state index in [1.807, 2.05) is 10.4 Å². The van der Waals surface area contributed by atoms with Gasteiger partial charge in [-0.25, -0.2) is 4.98 Å². The third-order valence-corrected chi connectivity index (χ3v) is 5.34. The smallest absolute Gasteiger partial charge is 0.226 e. The lowest BCUT2D eigenvalue weighted by Crippen LogP contribution is -2.45. The largest absolute Gasteiger partial charge is 0.369 e. The summed E-state index contributed by atoms with van der Waals surface area (Å²) < 4.78 is 0. The summed E-state index contributed by atoms with van der Waals surface area (Å²) in [6.45, 7) is 1.33. The molecule has 0 radical (unpaired) electrons. The van der Waals surface area contributed by atoms with Gasteiger partial charge in [-0.05, 0) is 32.1 Å². The first-order valence-corrected chi connectivity index (χ1v) is 8.02. The summed E-state index contributed by atoms with van der Waals surface area (Å²) in [6.07, 6.45) is 4.05. The number of thiazole rings is 1. The fraction of sp³-hybridized carbons (Fsp3) is 0.643. The second-order valence-corrected chi connectivity index (χ2v) is 6.60. The number of hydrogen-bond acceptors (Lipinski definition) is 4. The van der Waals surface area contributed by atoms with Crippen molar-refractivity contribution >= 4 is 23.2 Å². The van der Waals surface area contributed by atoms with Gasteiger partial charge in [-0.1, -0.05) is 0 Å². The maximum absolute atomic E-state index is 12.6. The maximum Gasteiger partial charge on any atom is 0.226 e. The fourth-order valence-electron chi connectivity index (χ4n) is 3.15. The molecule has 1 saturated heterocycles. The zero-order chi connectivity index (χ0) is 14.1. The Morgan fingerprint density at radius 3 is 2.70 bits per heavy atom. The summed E-state index contributed by atoms with van der Waals surface area (Å²) in [4.78, 5) is 31.2. The predicted octanol–water partition coefficient (Wildman–Crippen LogP) is 0.972. The molecule has 1 aromatic heterocycles. The van der Waals surface area contributed by atoms with Crippen LogP contribution in [0.4, 0.5) is 0 Å². The SMILES string of the molecule is NC(=O)C1CCN(C(=O)C2CCc3ncsc3C2)CC1. The number of carbonyl (C=O) groups is 2. The molecule has 1 aromatic rings. The minimum Gasteiger partial charge on any atom is -0.369 e. The van der Waals surface area contributed by atoms with E-state index in [-0.39, 0.29) is 23.7 Å². The van der Waals surface area contributed by atoms with Crippen molar-refractivity contribution in [2.24, 2.45) is 17.6 Å². The quantitative estimate of drug-likeness (QED) is 0.883. The van der Waals surface area contributed by atoms with Crippen LogP contribution in [-0.4, -0.2) is 34.8 Å². The van der Waals surface area contributed by atoms with Crippen molar-refractivity contribution in [2.75, 3.05) is 13.1 Å². The van der Waals surface area contributed by atoms with Gasteiger partial charge in [0.15, 0.2) is 0 Å². The third-order valence-electron chi connectivity index (χ3n) is 4.45. The van der Waals surface area contributed by atoms with Gasteiger partial charge in [0.25, 0.3) is 0 Å². The van der Waals surface area contributed by atoms with Crippen molar-refractivity contribution in [3.8, 4) is 0 Å². The van der Waals surface area contributed by atoms with E-state index in [0.29, 0.717) is 25.9 Å². The van der Waals surface area contributed by atoms with Gasteiger partial charge in [-0.3, -0.25) is 9.59 Å². The first kappa shape index (κ1) is 13.5. The Balaban J connectivity index is 1.59. The zero-order valence-electron chi connectivity index (χ0n) is 11.4. The van der Waals surface area contributed by atoms with E-state index < -0.39 is 0 Å². The molecule has 2 aliphatic rings. The molecular weight excluding hydrogens is 274 g/mol. The molecule has 0 bridgehead atoms. The molecule has 20 heavy (non-hydrogen) atoms. The molecule has 108 valence electrons. The molecule has 6 heteroatoms. The number of nitrogens with zero attached hydrogens (tertiary/aromatic N) is 2. The van der Waals surface area contributed by atoms with Crippen molar-refractivity contribution in [1.29, 1.82) is 0 Å². The number of piperidine rings is 1. The molecular formula is C14H19N3O2S. The molecule has 5 nitrogen and oxygen atoms in total. The Morgan fingerprint density at radius 1 is 1.25 bits per heavy atom. The number of fused-ring (bicyclic) bond motifs is 1. The molecule has 2 N–H and O–H groups in total. The number of likely N-dealkylation sites (tertiary alicyclic amines) is 1. The van der Waals surface area contributed by atoms with Gasteiger partial charge in [-0.2, -0.15) is 0 Å². The predicted molar refractivity (Wildman–Crippen MR) is 76.1 cm³/mol. The molecule has 0 aromatic carbocycles. The summed E-state index contributed by atoms with van der Waals surface area (Å²) in [7, 11) is 0. The molecule has 1 fully saturated rings. The number of nitrogens with two attached hydrogens (primary N) is 1. The maximum atomic E-state index is 12.6. The lowest BCUT2D eigenvalue weighted by molar-refractivity contribution is -0.139. The first-order chi connectivity index (χ1) is 9.65. The summed E-state index contributed by atoms with van der Waals surface area (Å²) in [6, 6.07) is 0. The molecule has 3 rings (SSSR count). The first-order valence-electron chi connectivity index (χ1n) is 7.14. The van der Waals surface area contributed by atoms with Crippen LogP contribution in [-0.2, 0) is 22.4 Å². The van der Waals surface area contributed by atoms with Crippen LogP contribution in [0.3, 0.4) is 0 Å². The van der Waals surface area contributed by atoms with Crippen LogP contribution in [0.1, 0.15) is 29.8 Å². The monoisotopic (exact) mass is 293 g/mol. The van der Waals surface area contributed by atoms with Crippen molar-refractivity contribution in [1.82, 2.24) is 9.88 Å².